The van der Waals surface area contributed by atoms with Crippen molar-refractivity contribution in [1.29, 1.82) is 0 Å². The molecule has 110 valence electrons. The summed E-state index contributed by atoms with van der Waals surface area (Å²) in [4.78, 5) is 14.5. The lowest BCUT2D eigenvalue weighted by Crippen LogP contribution is -2.34. The number of rotatable bonds is 6. The maximum absolute atomic E-state index is 12.1. The van der Waals surface area contributed by atoms with E-state index in [1.807, 2.05) is 0 Å². The van der Waals surface area contributed by atoms with E-state index in [0.717, 1.165) is 12.2 Å². The lowest BCUT2D eigenvalue weighted by Gasteiger charge is -2.22. The van der Waals surface area contributed by atoms with E-state index in [1.165, 1.54) is 30.6 Å². The zero-order valence-electron chi connectivity index (χ0n) is 11.8. The van der Waals surface area contributed by atoms with E-state index in [1.54, 1.807) is 12.3 Å². The second-order valence-corrected chi connectivity index (χ2v) is 5.99. The SMILES string of the molecule is C=CCn1ncc(NC(C)CN2CCCC2)c(Br)c1=O. The second kappa shape index (κ2) is 7.04. The summed E-state index contributed by atoms with van der Waals surface area (Å²) in [6.45, 7) is 9.50. The van der Waals surface area contributed by atoms with Gasteiger partial charge in [-0.3, -0.25) is 4.79 Å². The number of halogens is 1. The predicted octanol–water partition coefficient (Wildman–Crippen LogP) is 2.09. The molecule has 0 bridgehead atoms. The molecule has 0 saturated carbocycles. The highest BCUT2D eigenvalue weighted by atomic mass is 79.9. The van der Waals surface area contributed by atoms with E-state index < -0.39 is 0 Å². The van der Waals surface area contributed by atoms with Gasteiger partial charge in [-0.25, -0.2) is 4.68 Å². The number of allylic oxidation sites excluding steroid dienone is 1. The topological polar surface area (TPSA) is 50.2 Å². The average molecular weight is 341 g/mol. The highest BCUT2D eigenvalue weighted by molar-refractivity contribution is 9.10. The number of nitrogens with one attached hydrogen (secondary N) is 1. The summed E-state index contributed by atoms with van der Waals surface area (Å²) in [7, 11) is 0. The van der Waals surface area contributed by atoms with Gasteiger partial charge in [0.25, 0.3) is 5.56 Å². The first-order chi connectivity index (χ1) is 9.61. The molecule has 0 radical (unpaired) electrons. The Labute approximate surface area is 127 Å². The Morgan fingerprint density at radius 1 is 1.55 bits per heavy atom. The van der Waals surface area contributed by atoms with Gasteiger partial charge in [0.05, 0.1) is 18.4 Å². The van der Waals surface area contributed by atoms with Crippen LogP contribution in [0, 0.1) is 0 Å². The van der Waals surface area contributed by atoms with Crippen LogP contribution in [0.3, 0.4) is 0 Å². The van der Waals surface area contributed by atoms with Gasteiger partial charge in [0.15, 0.2) is 0 Å². The van der Waals surface area contributed by atoms with Crippen LogP contribution >= 0.6 is 15.9 Å². The monoisotopic (exact) mass is 340 g/mol. The fourth-order valence-electron chi connectivity index (χ4n) is 2.48. The fourth-order valence-corrected chi connectivity index (χ4v) is 2.90. The zero-order valence-corrected chi connectivity index (χ0v) is 13.4. The molecule has 1 aromatic heterocycles. The number of hydrogen-bond acceptors (Lipinski definition) is 4. The molecule has 0 aliphatic carbocycles. The summed E-state index contributed by atoms with van der Waals surface area (Å²) < 4.78 is 1.91. The Bertz CT molecular complexity index is 522. The largest absolute Gasteiger partial charge is 0.379 e. The number of nitrogens with zero attached hydrogens (tertiary/aromatic N) is 3. The maximum atomic E-state index is 12.1. The first-order valence-corrected chi connectivity index (χ1v) is 7.76. The molecule has 2 rings (SSSR count). The third-order valence-electron chi connectivity index (χ3n) is 3.42. The van der Waals surface area contributed by atoms with Crippen molar-refractivity contribution in [1.82, 2.24) is 14.7 Å². The van der Waals surface area contributed by atoms with Crippen LogP contribution in [0.15, 0.2) is 28.1 Å². The van der Waals surface area contributed by atoms with Crippen LogP contribution in [-0.2, 0) is 6.54 Å². The third kappa shape index (κ3) is 3.70. The van der Waals surface area contributed by atoms with Crippen LogP contribution < -0.4 is 10.9 Å². The molecule has 1 fully saturated rings. The molecule has 5 nitrogen and oxygen atoms in total. The van der Waals surface area contributed by atoms with Crippen molar-refractivity contribution in [2.24, 2.45) is 0 Å². The highest BCUT2D eigenvalue weighted by Gasteiger charge is 2.16. The number of anilines is 1. The van der Waals surface area contributed by atoms with E-state index in [9.17, 15) is 4.79 Å². The fraction of sp³-hybridized carbons (Fsp3) is 0.571. The zero-order chi connectivity index (χ0) is 14.5. The van der Waals surface area contributed by atoms with Crippen molar-refractivity contribution in [2.75, 3.05) is 25.0 Å². The Morgan fingerprint density at radius 3 is 2.90 bits per heavy atom. The first kappa shape index (κ1) is 15.3. The van der Waals surface area contributed by atoms with Crippen LogP contribution in [0.25, 0.3) is 0 Å². The van der Waals surface area contributed by atoms with E-state index >= 15 is 0 Å². The predicted molar refractivity (Wildman–Crippen MR) is 85.2 cm³/mol. The molecule has 1 aromatic rings. The molecular weight excluding hydrogens is 320 g/mol. The van der Waals surface area contributed by atoms with Gasteiger partial charge in [-0.05, 0) is 48.8 Å². The Hall–Kier alpha value is -1.14. The maximum Gasteiger partial charge on any atom is 0.283 e. The van der Waals surface area contributed by atoms with E-state index in [-0.39, 0.29) is 11.6 Å². The molecule has 1 aliphatic heterocycles. The molecule has 0 aromatic carbocycles. The van der Waals surface area contributed by atoms with Gasteiger partial charge < -0.3 is 10.2 Å². The molecule has 6 heteroatoms. The molecule has 1 atom stereocenters. The van der Waals surface area contributed by atoms with Crippen molar-refractivity contribution in [2.45, 2.75) is 32.4 Å². The van der Waals surface area contributed by atoms with E-state index in [4.69, 9.17) is 0 Å². The lowest BCUT2D eigenvalue weighted by atomic mass is 10.3. The molecule has 1 N–H and O–H groups in total. The molecule has 0 amide bonds. The molecule has 2 heterocycles. The molecule has 1 saturated heterocycles. The molecule has 1 aliphatic rings. The minimum atomic E-state index is -0.136. The van der Waals surface area contributed by atoms with Gasteiger partial charge >= 0.3 is 0 Å². The van der Waals surface area contributed by atoms with E-state index in [0.29, 0.717) is 11.0 Å². The average Bonchev–Trinajstić information content (AvgIpc) is 2.91. The van der Waals surface area contributed by atoms with Gasteiger partial charge in [-0.1, -0.05) is 6.08 Å². The van der Waals surface area contributed by atoms with Crippen LogP contribution in [0.1, 0.15) is 19.8 Å². The summed E-state index contributed by atoms with van der Waals surface area (Å²) in [6, 6.07) is 0.279. The van der Waals surface area contributed by atoms with Gasteiger partial charge in [0, 0.05) is 12.6 Å². The van der Waals surface area contributed by atoms with Crippen molar-refractivity contribution in [3.05, 3.63) is 33.7 Å². The smallest absolute Gasteiger partial charge is 0.283 e. The van der Waals surface area contributed by atoms with Gasteiger partial charge in [-0.15, -0.1) is 6.58 Å². The standard InChI is InChI=1S/C14H21BrN4O/c1-3-6-19-14(20)13(15)12(9-16-19)17-11(2)10-18-7-4-5-8-18/h3,9,11,17H,1,4-8,10H2,2H3. The summed E-state index contributed by atoms with van der Waals surface area (Å²) in [5.41, 5.74) is 0.616. The lowest BCUT2D eigenvalue weighted by molar-refractivity contribution is 0.328. The van der Waals surface area contributed by atoms with Crippen LogP contribution in [0.2, 0.25) is 0 Å². The number of aromatic nitrogens is 2. The minimum Gasteiger partial charge on any atom is -0.379 e. The Morgan fingerprint density at radius 2 is 2.25 bits per heavy atom. The van der Waals surface area contributed by atoms with Gasteiger partial charge in [0.2, 0.25) is 0 Å². The third-order valence-corrected chi connectivity index (χ3v) is 4.19. The minimum absolute atomic E-state index is 0.136. The van der Waals surface area contributed by atoms with Crippen molar-refractivity contribution in [3.63, 3.8) is 0 Å². The quantitative estimate of drug-likeness (QED) is 0.805. The molecular formula is C14H21BrN4O. The van der Waals surface area contributed by atoms with Crippen LogP contribution in [0.5, 0.6) is 0 Å². The van der Waals surface area contributed by atoms with Crippen molar-refractivity contribution < 1.29 is 0 Å². The van der Waals surface area contributed by atoms with Gasteiger partial charge in [-0.2, -0.15) is 5.10 Å². The summed E-state index contributed by atoms with van der Waals surface area (Å²) in [6.07, 6.45) is 5.92. The van der Waals surface area contributed by atoms with Crippen molar-refractivity contribution in [3.8, 4) is 0 Å². The van der Waals surface area contributed by atoms with E-state index in [2.05, 4.69) is 44.7 Å². The Kier molecular flexibility index (Phi) is 5.37. The molecule has 20 heavy (non-hydrogen) atoms. The first-order valence-electron chi connectivity index (χ1n) is 6.97. The summed E-state index contributed by atoms with van der Waals surface area (Å²) in [5, 5.41) is 7.50. The molecule has 1 unspecified atom stereocenters. The van der Waals surface area contributed by atoms with Gasteiger partial charge in [0.1, 0.15) is 4.47 Å². The Balaban J connectivity index is 2.03. The van der Waals surface area contributed by atoms with Crippen molar-refractivity contribution >= 4 is 21.6 Å². The van der Waals surface area contributed by atoms with Crippen LogP contribution in [-0.4, -0.2) is 40.4 Å². The summed E-state index contributed by atoms with van der Waals surface area (Å²) in [5.74, 6) is 0. The second-order valence-electron chi connectivity index (χ2n) is 5.20. The van der Waals surface area contributed by atoms with Crippen LogP contribution in [0.4, 0.5) is 5.69 Å². The number of likely N-dealkylation sites (tertiary alicyclic amines) is 1. The highest BCUT2D eigenvalue weighted by Crippen LogP contribution is 2.18. The molecule has 0 spiro atoms. The summed E-state index contributed by atoms with van der Waals surface area (Å²) >= 11 is 3.36. The number of hydrogen-bond donors (Lipinski definition) is 1. The normalized spacial score (nSPS) is 17.1.